The largest absolute Gasteiger partial charge is 0.508 e. The molecule has 0 aliphatic rings. The first kappa shape index (κ1) is 13.9. The van der Waals surface area contributed by atoms with E-state index in [-0.39, 0.29) is 0 Å². The Morgan fingerprint density at radius 1 is 1.05 bits per heavy atom. The van der Waals surface area contributed by atoms with E-state index in [9.17, 15) is 5.11 Å². The summed E-state index contributed by atoms with van der Waals surface area (Å²) in [5.41, 5.74) is 5.45. The van der Waals surface area contributed by atoms with Crippen LogP contribution in [-0.4, -0.2) is 5.11 Å². The predicted molar refractivity (Wildman–Crippen MR) is 83.8 cm³/mol. The van der Waals surface area contributed by atoms with Gasteiger partial charge in [-0.2, -0.15) is 0 Å². The Morgan fingerprint density at radius 2 is 1.79 bits per heavy atom. The van der Waals surface area contributed by atoms with Crippen LogP contribution in [0.2, 0.25) is 0 Å². The summed E-state index contributed by atoms with van der Waals surface area (Å²) >= 11 is 3.59. The maximum absolute atomic E-state index is 9.65. The average Bonchev–Trinajstić information content (AvgIpc) is 2.34. The van der Waals surface area contributed by atoms with Crippen molar-refractivity contribution < 1.29 is 5.11 Å². The molecule has 0 unspecified atom stereocenters. The Hall–Kier alpha value is -1.48. The fraction of sp³-hybridized carbons (Fsp3) is 0.250. The second kappa shape index (κ2) is 5.66. The summed E-state index contributed by atoms with van der Waals surface area (Å²) in [5.74, 6) is 0.347. The molecule has 0 aliphatic carbocycles. The minimum Gasteiger partial charge on any atom is -0.508 e. The van der Waals surface area contributed by atoms with E-state index in [2.05, 4.69) is 46.4 Å². The fourth-order valence-electron chi connectivity index (χ4n) is 1.98. The number of aryl methyl sites for hydroxylation is 3. The van der Waals surface area contributed by atoms with Gasteiger partial charge < -0.3 is 10.4 Å². The van der Waals surface area contributed by atoms with Crippen LogP contribution >= 0.6 is 15.9 Å². The van der Waals surface area contributed by atoms with Crippen molar-refractivity contribution in [2.75, 3.05) is 5.32 Å². The molecule has 2 rings (SSSR count). The Balaban J connectivity index is 2.16. The van der Waals surface area contributed by atoms with Gasteiger partial charge in [-0.25, -0.2) is 0 Å². The van der Waals surface area contributed by atoms with Gasteiger partial charge in [0.1, 0.15) is 5.75 Å². The molecular weight excluding hydrogens is 302 g/mol. The smallest absolute Gasteiger partial charge is 0.118 e. The van der Waals surface area contributed by atoms with Gasteiger partial charge in [-0.05, 0) is 61.2 Å². The normalized spacial score (nSPS) is 10.5. The molecule has 19 heavy (non-hydrogen) atoms. The second-order valence-corrected chi connectivity index (χ2v) is 5.76. The minimum atomic E-state index is 0.347. The molecule has 2 nitrogen and oxygen atoms in total. The van der Waals surface area contributed by atoms with E-state index in [1.54, 1.807) is 6.07 Å². The van der Waals surface area contributed by atoms with Crippen molar-refractivity contribution in [1.82, 2.24) is 0 Å². The first-order chi connectivity index (χ1) is 8.97. The highest BCUT2D eigenvalue weighted by Crippen LogP contribution is 2.26. The zero-order chi connectivity index (χ0) is 14.0. The van der Waals surface area contributed by atoms with E-state index in [0.717, 1.165) is 27.8 Å². The van der Waals surface area contributed by atoms with Gasteiger partial charge in [-0.3, -0.25) is 0 Å². The zero-order valence-electron chi connectivity index (χ0n) is 11.4. The predicted octanol–water partition coefficient (Wildman–Crippen LogP) is 4.69. The summed E-state index contributed by atoms with van der Waals surface area (Å²) in [7, 11) is 0. The number of hydrogen-bond donors (Lipinski definition) is 2. The van der Waals surface area contributed by atoms with Gasteiger partial charge in [0, 0.05) is 16.7 Å². The van der Waals surface area contributed by atoms with Crippen LogP contribution in [0.25, 0.3) is 0 Å². The van der Waals surface area contributed by atoms with Gasteiger partial charge in [-0.1, -0.05) is 28.1 Å². The van der Waals surface area contributed by atoms with Crippen molar-refractivity contribution in [3.63, 3.8) is 0 Å². The van der Waals surface area contributed by atoms with Gasteiger partial charge in [0.05, 0.1) is 0 Å². The Labute approximate surface area is 122 Å². The summed E-state index contributed by atoms with van der Waals surface area (Å²) in [6.07, 6.45) is 0. The van der Waals surface area contributed by atoms with Crippen molar-refractivity contribution in [2.45, 2.75) is 27.3 Å². The van der Waals surface area contributed by atoms with Crippen LogP contribution in [0.15, 0.2) is 34.8 Å². The van der Waals surface area contributed by atoms with Crippen LogP contribution in [0, 0.1) is 20.8 Å². The molecule has 0 saturated carbocycles. The third-order valence-electron chi connectivity index (χ3n) is 3.22. The highest BCUT2D eigenvalue weighted by atomic mass is 79.9. The number of aromatic hydroxyl groups is 1. The highest BCUT2D eigenvalue weighted by Gasteiger charge is 2.05. The molecule has 0 fully saturated rings. The van der Waals surface area contributed by atoms with Gasteiger partial charge >= 0.3 is 0 Å². The van der Waals surface area contributed by atoms with Crippen LogP contribution in [0.1, 0.15) is 22.3 Å². The van der Waals surface area contributed by atoms with E-state index in [1.165, 1.54) is 11.1 Å². The molecule has 0 atom stereocenters. The first-order valence-electron chi connectivity index (χ1n) is 6.26. The minimum absolute atomic E-state index is 0.347. The summed E-state index contributed by atoms with van der Waals surface area (Å²) in [4.78, 5) is 0. The summed E-state index contributed by atoms with van der Waals surface area (Å²) in [5, 5.41) is 13.1. The molecule has 0 radical (unpaired) electrons. The Bertz CT molecular complexity index is 608. The van der Waals surface area contributed by atoms with Gasteiger partial charge in [0.15, 0.2) is 0 Å². The van der Waals surface area contributed by atoms with Gasteiger partial charge in [0.2, 0.25) is 0 Å². The molecule has 2 N–H and O–H groups in total. The van der Waals surface area contributed by atoms with Crippen molar-refractivity contribution in [3.05, 3.63) is 57.1 Å². The molecule has 0 aromatic heterocycles. The van der Waals surface area contributed by atoms with Crippen molar-refractivity contribution in [3.8, 4) is 5.75 Å². The maximum Gasteiger partial charge on any atom is 0.118 e. The summed E-state index contributed by atoms with van der Waals surface area (Å²) in [6, 6.07) is 10.1. The van der Waals surface area contributed by atoms with Crippen LogP contribution in [0.3, 0.4) is 0 Å². The quantitative estimate of drug-likeness (QED) is 0.804. The van der Waals surface area contributed by atoms with Crippen LogP contribution < -0.4 is 5.32 Å². The number of anilines is 1. The number of rotatable bonds is 3. The maximum atomic E-state index is 9.65. The van der Waals surface area contributed by atoms with Crippen LogP contribution in [-0.2, 0) is 6.54 Å². The molecule has 0 saturated heterocycles. The van der Waals surface area contributed by atoms with E-state index < -0.39 is 0 Å². The number of nitrogens with one attached hydrogen (secondary N) is 1. The average molecular weight is 320 g/mol. The monoisotopic (exact) mass is 319 g/mol. The standard InChI is InChI=1S/C16H18BrNO/c1-10-4-5-13(14(17)6-10)9-18-15-7-12(3)16(19)8-11(15)2/h4-8,18-19H,9H2,1-3H3. The van der Waals surface area contributed by atoms with Crippen LogP contribution in [0.4, 0.5) is 5.69 Å². The first-order valence-corrected chi connectivity index (χ1v) is 7.06. The number of phenolic OH excluding ortho intramolecular Hbond substituents is 1. The summed E-state index contributed by atoms with van der Waals surface area (Å²) in [6.45, 7) is 6.73. The molecule has 0 aliphatic heterocycles. The molecule has 100 valence electrons. The van der Waals surface area contributed by atoms with E-state index in [1.807, 2.05) is 19.9 Å². The number of halogens is 1. The van der Waals surface area contributed by atoms with Crippen LogP contribution in [0.5, 0.6) is 5.75 Å². The van der Waals surface area contributed by atoms with Crippen molar-refractivity contribution >= 4 is 21.6 Å². The lowest BCUT2D eigenvalue weighted by Gasteiger charge is -2.13. The molecule has 0 spiro atoms. The molecule has 0 heterocycles. The number of benzene rings is 2. The number of hydrogen-bond acceptors (Lipinski definition) is 2. The molecule has 2 aromatic rings. The zero-order valence-corrected chi connectivity index (χ0v) is 13.0. The van der Waals surface area contributed by atoms with Crippen molar-refractivity contribution in [2.24, 2.45) is 0 Å². The third-order valence-corrected chi connectivity index (χ3v) is 3.96. The lowest BCUT2D eigenvalue weighted by Crippen LogP contribution is -2.02. The third kappa shape index (κ3) is 3.29. The summed E-state index contributed by atoms with van der Waals surface area (Å²) < 4.78 is 1.12. The lowest BCUT2D eigenvalue weighted by atomic mass is 10.1. The topological polar surface area (TPSA) is 32.3 Å². The molecular formula is C16H18BrNO. The Kier molecular flexibility index (Phi) is 4.15. The Morgan fingerprint density at radius 3 is 2.47 bits per heavy atom. The van der Waals surface area contributed by atoms with Crippen molar-refractivity contribution in [1.29, 1.82) is 0 Å². The van der Waals surface area contributed by atoms with Gasteiger partial charge in [-0.15, -0.1) is 0 Å². The molecule has 0 amide bonds. The van der Waals surface area contributed by atoms with Gasteiger partial charge in [0.25, 0.3) is 0 Å². The second-order valence-electron chi connectivity index (χ2n) is 4.90. The lowest BCUT2D eigenvalue weighted by molar-refractivity contribution is 0.471. The molecule has 2 aromatic carbocycles. The fourth-order valence-corrected chi connectivity index (χ4v) is 2.61. The highest BCUT2D eigenvalue weighted by molar-refractivity contribution is 9.10. The van der Waals surface area contributed by atoms with E-state index >= 15 is 0 Å². The molecule has 0 bridgehead atoms. The number of phenols is 1. The molecule has 3 heteroatoms. The van der Waals surface area contributed by atoms with E-state index in [0.29, 0.717) is 5.75 Å². The van der Waals surface area contributed by atoms with E-state index in [4.69, 9.17) is 0 Å². The SMILES string of the molecule is Cc1ccc(CNc2cc(C)c(O)cc2C)c(Br)c1.